The fraction of sp³-hybridized carbons (Fsp3) is 0.857. The fourth-order valence-corrected chi connectivity index (χ4v) is 2.19. The summed E-state index contributed by atoms with van der Waals surface area (Å²) in [6.45, 7) is 4.23. The van der Waals surface area contributed by atoms with E-state index in [0.29, 0.717) is 0 Å². The molecule has 3 N–H and O–H groups in total. The summed E-state index contributed by atoms with van der Waals surface area (Å²) < 4.78 is 0. The van der Waals surface area contributed by atoms with Gasteiger partial charge in [-0.1, -0.05) is 26.2 Å². The van der Waals surface area contributed by atoms with Gasteiger partial charge >= 0.3 is 5.97 Å². The van der Waals surface area contributed by atoms with Crippen molar-refractivity contribution in [3.63, 3.8) is 0 Å². The van der Waals surface area contributed by atoms with E-state index in [1.54, 1.807) is 0 Å². The predicted molar refractivity (Wildman–Crippen MR) is 73.9 cm³/mol. The Morgan fingerprint density at radius 1 is 1.32 bits per heavy atom. The van der Waals surface area contributed by atoms with E-state index in [9.17, 15) is 9.59 Å². The molecule has 1 saturated carbocycles. The largest absolute Gasteiger partial charge is 0.480 e. The van der Waals surface area contributed by atoms with E-state index in [2.05, 4.69) is 17.6 Å². The molecule has 1 aliphatic rings. The summed E-state index contributed by atoms with van der Waals surface area (Å²) in [5.74, 6) is -0.769. The summed E-state index contributed by atoms with van der Waals surface area (Å²) in [6, 6.07) is -0.411. The molecule has 0 aromatic heterocycles. The van der Waals surface area contributed by atoms with E-state index >= 15 is 0 Å². The average molecular weight is 270 g/mol. The number of carboxylic acid groups (broad SMARTS) is 1. The van der Waals surface area contributed by atoms with Gasteiger partial charge in [-0.05, 0) is 32.1 Å². The number of unbranched alkanes of at least 4 members (excludes halogenated alkanes) is 2. The smallest absolute Gasteiger partial charge is 0.320 e. The number of carbonyl (C=O) groups excluding carboxylic acids is 1. The number of amides is 1. The van der Waals surface area contributed by atoms with Gasteiger partial charge in [-0.25, -0.2) is 0 Å². The van der Waals surface area contributed by atoms with Crippen LogP contribution in [0.2, 0.25) is 0 Å². The van der Waals surface area contributed by atoms with Gasteiger partial charge in [-0.15, -0.1) is 0 Å². The Hall–Kier alpha value is -1.10. The van der Waals surface area contributed by atoms with Crippen molar-refractivity contribution in [3.8, 4) is 0 Å². The molecule has 1 amide bonds. The Balaban J connectivity index is 2.17. The molecule has 0 aromatic carbocycles. The molecule has 1 fully saturated rings. The molecule has 19 heavy (non-hydrogen) atoms. The molecule has 1 aliphatic carbocycles. The van der Waals surface area contributed by atoms with Crippen molar-refractivity contribution in [1.29, 1.82) is 0 Å². The topological polar surface area (TPSA) is 78.4 Å². The van der Waals surface area contributed by atoms with Crippen LogP contribution in [0.25, 0.3) is 0 Å². The van der Waals surface area contributed by atoms with Gasteiger partial charge in [-0.3, -0.25) is 14.9 Å². The van der Waals surface area contributed by atoms with Crippen molar-refractivity contribution in [1.82, 2.24) is 10.6 Å². The van der Waals surface area contributed by atoms with Crippen molar-refractivity contribution < 1.29 is 14.7 Å². The van der Waals surface area contributed by atoms with Gasteiger partial charge < -0.3 is 10.4 Å². The quantitative estimate of drug-likeness (QED) is 0.526. The first kappa shape index (κ1) is 16.0. The Morgan fingerprint density at radius 3 is 2.53 bits per heavy atom. The van der Waals surface area contributed by atoms with Crippen molar-refractivity contribution in [2.24, 2.45) is 5.92 Å². The number of hydrogen-bond donors (Lipinski definition) is 3. The summed E-state index contributed by atoms with van der Waals surface area (Å²) in [4.78, 5) is 22.7. The molecule has 0 bridgehead atoms. The second-order valence-corrected chi connectivity index (χ2v) is 5.50. The molecule has 5 heteroatoms. The normalized spacial score (nSPS) is 17.8. The fourth-order valence-electron chi connectivity index (χ4n) is 2.19. The van der Waals surface area contributed by atoms with Crippen LogP contribution in [0, 0.1) is 5.92 Å². The van der Waals surface area contributed by atoms with Gasteiger partial charge in [0.25, 0.3) is 0 Å². The molecule has 0 aliphatic heterocycles. The average Bonchev–Trinajstić information content (AvgIpc) is 3.13. The SMILES string of the molecule is CCCCCC(C)NC(=O)CNC(C(=O)O)C1CC1. The highest BCUT2D eigenvalue weighted by molar-refractivity contribution is 5.80. The molecule has 0 saturated heterocycles. The van der Waals surface area contributed by atoms with Crippen LogP contribution in [0.3, 0.4) is 0 Å². The molecule has 5 nitrogen and oxygen atoms in total. The zero-order valence-electron chi connectivity index (χ0n) is 11.9. The highest BCUT2D eigenvalue weighted by Gasteiger charge is 2.36. The molecular weight excluding hydrogens is 244 g/mol. The van der Waals surface area contributed by atoms with E-state index in [1.165, 1.54) is 12.8 Å². The number of carbonyl (C=O) groups is 2. The van der Waals surface area contributed by atoms with Crippen molar-refractivity contribution in [2.75, 3.05) is 6.54 Å². The van der Waals surface area contributed by atoms with E-state index in [1.807, 2.05) is 6.92 Å². The Labute approximate surface area is 115 Å². The number of nitrogens with one attached hydrogen (secondary N) is 2. The second kappa shape index (κ2) is 8.15. The van der Waals surface area contributed by atoms with Crippen LogP contribution < -0.4 is 10.6 Å². The maximum Gasteiger partial charge on any atom is 0.320 e. The van der Waals surface area contributed by atoms with Crippen molar-refractivity contribution in [2.45, 2.75) is 64.5 Å². The van der Waals surface area contributed by atoms with Crippen LogP contribution >= 0.6 is 0 Å². The molecule has 0 heterocycles. The first-order valence-corrected chi connectivity index (χ1v) is 7.30. The highest BCUT2D eigenvalue weighted by atomic mass is 16.4. The number of aliphatic carboxylic acids is 1. The zero-order chi connectivity index (χ0) is 14.3. The lowest BCUT2D eigenvalue weighted by molar-refractivity contribution is -0.140. The van der Waals surface area contributed by atoms with Gasteiger partial charge in [0.1, 0.15) is 6.04 Å². The zero-order valence-corrected chi connectivity index (χ0v) is 11.9. The van der Waals surface area contributed by atoms with Gasteiger partial charge in [0.2, 0.25) is 5.91 Å². The number of rotatable bonds is 10. The minimum absolute atomic E-state index is 0.0889. The number of carboxylic acids is 1. The Kier molecular flexibility index (Phi) is 6.84. The van der Waals surface area contributed by atoms with Crippen molar-refractivity contribution >= 4 is 11.9 Å². The van der Waals surface area contributed by atoms with Crippen LogP contribution in [0.5, 0.6) is 0 Å². The van der Waals surface area contributed by atoms with Crippen LogP contribution in [-0.4, -0.2) is 35.6 Å². The maximum absolute atomic E-state index is 11.7. The molecule has 0 radical (unpaired) electrons. The molecule has 1 rings (SSSR count). The molecule has 0 spiro atoms. The van der Waals surface area contributed by atoms with Gasteiger partial charge in [-0.2, -0.15) is 0 Å². The second-order valence-electron chi connectivity index (χ2n) is 5.50. The van der Waals surface area contributed by atoms with Crippen LogP contribution in [-0.2, 0) is 9.59 Å². The molecular formula is C14H26N2O3. The monoisotopic (exact) mass is 270 g/mol. The molecule has 2 unspecified atom stereocenters. The van der Waals surface area contributed by atoms with E-state index in [-0.39, 0.29) is 24.4 Å². The van der Waals surface area contributed by atoms with Gasteiger partial charge in [0.15, 0.2) is 0 Å². The predicted octanol–water partition coefficient (Wildman–Crippen LogP) is 1.52. The summed E-state index contributed by atoms with van der Waals surface area (Å²) in [5, 5.41) is 14.8. The van der Waals surface area contributed by atoms with E-state index in [4.69, 9.17) is 5.11 Å². The Morgan fingerprint density at radius 2 is 2.00 bits per heavy atom. The highest BCUT2D eigenvalue weighted by Crippen LogP contribution is 2.32. The maximum atomic E-state index is 11.7. The minimum Gasteiger partial charge on any atom is -0.480 e. The van der Waals surface area contributed by atoms with Crippen LogP contribution in [0.4, 0.5) is 0 Å². The summed E-state index contributed by atoms with van der Waals surface area (Å²) >= 11 is 0. The molecule has 110 valence electrons. The standard InChI is InChI=1S/C14H26N2O3/c1-3-4-5-6-10(2)16-12(17)9-15-13(14(18)19)11-7-8-11/h10-11,13,15H,3-9H2,1-2H3,(H,16,17)(H,18,19). The van der Waals surface area contributed by atoms with Gasteiger partial charge in [0.05, 0.1) is 6.54 Å². The van der Waals surface area contributed by atoms with Crippen LogP contribution in [0.15, 0.2) is 0 Å². The van der Waals surface area contributed by atoms with Crippen LogP contribution in [0.1, 0.15) is 52.4 Å². The first-order valence-electron chi connectivity index (χ1n) is 7.30. The number of hydrogen-bond acceptors (Lipinski definition) is 3. The Bertz CT molecular complexity index is 303. The van der Waals surface area contributed by atoms with Gasteiger partial charge in [0, 0.05) is 6.04 Å². The first-order chi connectivity index (χ1) is 9.04. The van der Waals surface area contributed by atoms with E-state index in [0.717, 1.165) is 25.7 Å². The lowest BCUT2D eigenvalue weighted by Gasteiger charge is -2.16. The molecule has 0 aromatic rings. The lowest BCUT2D eigenvalue weighted by atomic mass is 10.1. The third-order valence-corrected chi connectivity index (χ3v) is 3.49. The summed E-state index contributed by atoms with van der Waals surface area (Å²) in [5.41, 5.74) is 0. The third kappa shape index (κ3) is 6.57. The molecule has 2 atom stereocenters. The minimum atomic E-state index is -0.855. The third-order valence-electron chi connectivity index (χ3n) is 3.49. The summed E-state index contributed by atoms with van der Waals surface area (Å²) in [6.07, 6.45) is 6.33. The summed E-state index contributed by atoms with van der Waals surface area (Å²) in [7, 11) is 0. The lowest BCUT2D eigenvalue weighted by Crippen LogP contribution is -2.46. The van der Waals surface area contributed by atoms with E-state index < -0.39 is 12.0 Å². The van der Waals surface area contributed by atoms with Crippen molar-refractivity contribution in [3.05, 3.63) is 0 Å².